The third-order valence-corrected chi connectivity index (χ3v) is 7.55. The molecule has 0 saturated carbocycles. The van der Waals surface area contributed by atoms with E-state index in [9.17, 15) is 8.42 Å². The van der Waals surface area contributed by atoms with Gasteiger partial charge >= 0.3 is 0 Å². The van der Waals surface area contributed by atoms with Gasteiger partial charge in [-0.25, -0.2) is 13.4 Å². The van der Waals surface area contributed by atoms with Gasteiger partial charge in [-0.1, -0.05) is 35.6 Å². The zero-order chi connectivity index (χ0) is 18.9. The van der Waals surface area contributed by atoms with Crippen LogP contribution in [0.5, 0.6) is 5.75 Å². The van der Waals surface area contributed by atoms with E-state index < -0.39 is 10.0 Å². The molecule has 142 valence electrons. The molecule has 0 unspecified atom stereocenters. The van der Waals surface area contributed by atoms with Crippen LogP contribution in [0.25, 0.3) is 10.2 Å². The first-order valence-electron chi connectivity index (χ1n) is 8.92. The number of fused-ring (bicyclic) bond motifs is 1. The first-order chi connectivity index (χ1) is 13.1. The molecule has 0 radical (unpaired) electrons. The van der Waals surface area contributed by atoms with Crippen LogP contribution in [0.1, 0.15) is 6.92 Å². The maximum absolute atomic E-state index is 12.8. The molecule has 2 heterocycles. The van der Waals surface area contributed by atoms with Crippen LogP contribution in [-0.4, -0.2) is 50.5 Å². The number of hydrogen-bond donors (Lipinski definition) is 0. The Bertz CT molecular complexity index is 1030. The topological polar surface area (TPSA) is 62.7 Å². The molecule has 3 aromatic rings. The average Bonchev–Trinajstić information content (AvgIpc) is 3.14. The first kappa shape index (κ1) is 18.2. The molecule has 1 aliphatic heterocycles. The van der Waals surface area contributed by atoms with Crippen molar-refractivity contribution >= 4 is 36.7 Å². The predicted molar refractivity (Wildman–Crippen MR) is 108 cm³/mol. The number of anilines is 1. The monoisotopic (exact) mass is 403 g/mol. The molecule has 0 aliphatic carbocycles. The highest BCUT2D eigenvalue weighted by Gasteiger charge is 2.29. The second-order valence-electron chi connectivity index (χ2n) is 6.24. The maximum Gasteiger partial charge on any atom is 0.243 e. The molecule has 8 heteroatoms. The van der Waals surface area contributed by atoms with Crippen molar-refractivity contribution in [1.82, 2.24) is 9.29 Å². The normalized spacial score (nSPS) is 16.0. The minimum atomic E-state index is -3.44. The summed E-state index contributed by atoms with van der Waals surface area (Å²) in [5.41, 5.74) is 0.874. The van der Waals surface area contributed by atoms with Crippen molar-refractivity contribution in [2.24, 2.45) is 0 Å². The third-order valence-electron chi connectivity index (χ3n) is 4.56. The molecule has 0 atom stereocenters. The quantitative estimate of drug-likeness (QED) is 0.655. The van der Waals surface area contributed by atoms with Gasteiger partial charge in [0.05, 0.1) is 16.2 Å². The van der Waals surface area contributed by atoms with Crippen LogP contribution in [0.2, 0.25) is 0 Å². The van der Waals surface area contributed by atoms with Gasteiger partial charge in [0, 0.05) is 26.2 Å². The number of aromatic nitrogens is 1. The molecule has 2 aromatic carbocycles. The summed E-state index contributed by atoms with van der Waals surface area (Å²) >= 11 is 1.62. The zero-order valence-electron chi connectivity index (χ0n) is 15.0. The van der Waals surface area contributed by atoms with E-state index in [-0.39, 0.29) is 0 Å². The highest BCUT2D eigenvalue weighted by atomic mass is 32.2. The number of nitrogens with zero attached hydrogens (tertiary/aromatic N) is 3. The Labute approximate surface area is 163 Å². The molecule has 27 heavy (non-hydrogen) atoms. The maximum atomic E-state index is 12.8. The highest BCUT2D eigenvalue weighted by molar-refractivity contribution is 7.89. The van der Waals surface area contributed by atoms with E-state index in [0.29, 0.717) is 37.7 Å². The average molecular weight is 404 g/mol. The molecule has 1 aliphatic rings. The number of ether oxygens (including phenoxy) is 1. The van der Waals surface area contributed by atoms with Gasteiger partial charge in [-0.3, -0.25) is 0 Å². The van der Waals surface area contributed by atoms with Gasteiger partial charge in [0.15, 0.2) is 5.13 Å². The van der Waals surface area contributed by atoms with Crippen molar-refractivity contribution in [2.75, 3.05) is 37.7 Å². The van der Waals surface area contributed by atoms with E-state index in [4.69, 9.17) is 9.72 Å². The Morgan fingerprint density at radius 3 is 2.48 bits per heavy atom. The second-order valence-corrected chi connectivity index (χ2v) is 9.18. The van der Waals surface area contributed by atoms with Gasteiger partial charge in [-0.2, -0.15) is 4.31 Å². The lowest BCUT2D eigenvalue weighted by Gasteiger charge is -2.33. The smallest absolute Gasteiger partial charge is 0.243 e. The van der Waals surface area contributed by atoms with Gasteiger partial charge in [-0.05, 0) is 31.2 Å². The fourth-order valence-electron chi connectivity index (χ4n) is 3.18. The van der Waals surface area contributed by atoms with Gasteiger partial charge in [0.2, 0.25) is 10.0 Å². The molecule has 0 N–H and O–H groups in total. The third kappa shape index (κ3) is 3.52. The fourth-order valence-corrected chi connectivity index (χ4v) is 5.66. The van der Waals surface area contributed by atoms with Crippen molar-refractivity contribution in [3.8, 4) is 5.75 Å². The second kappa shape index (κ2) is 7.46. The largest absolute Gasteiger partial charge is 0.492 e. The fraction of sp³-hybridized carbons (Fsp3) is 0.316. The number of para-hydroxylation sites is 1. The molecule has 6 nitrogen and oxygen atoms in total. The zero-order valence-corrected chi connectivity index (χ0v) is 16.7. The molecular weight excluding hydrogens is 382 g/mol. The molecule has 4 rings (SSSR count). The Kier molecular flexibility index (Phi) is 5.03. The number of rotatable bonds is 5. The van der Waals surface area contributed by atoms with Crippen LogP contribution in [0.3, 0.4) is 0 Å². The van der Waals surface area contributed by atoms with E-state index in [1.54, 1.807) is 39.9 Å². The van der Waals surface area contributed by atoms with E-state index >= 15 is 0 Å². The molecule has 0 amide bonds. The van der Waals surface area contributed by atoms with E-state index in [2.05, 4.69) is 4.90 Å². The summed E-state index contributed by atoms with van der Waals surface area (Å²) in [4.78, 5) is 7.25. The number of thiazole rings is 1. The SMILES string of the molecule is CCOc1cccc2sc(N3CCN(S(=O)(=O)c4ccccc4)CC3)nc12. The summed E-state index contributed by atoms with van der Waals surface area (Å²) in [6, 6.07) is 14.5. The van der Waals surface area contributed by atoms with E-state index in [0.717, 1.165) is 21.1 Å². The number of hydrogen-bond acceptors (Lipinski definition) is 6. The molecule has 1 saturated heterocycles. The Hall–Kier alpha value is -2.16. The predicted octanol–water partition coefficient (Wildman–Crippen LogP) is 3.21. The summed E-state index contributed by atoms with van der Waals surface area (Å²) in [6.07, 6.45) is 0. The van der Waals surface area contributed by atoms with Crippen LogP contribution >= 0.6 is 11.3 Å². The number of benzene rings is 2. The minimum absolute atomic E-state index is 0.347. The van der Waals surface area contributed by atoms with E-state index in [1.807, 2.05) is 31.2 Å². The Balaban J connectivity index is 1.51. The Morgan fingerprint density at radius 2 is 1.78 bits per heavy atom. The van der Waals surface area contributed by atoms with Gasteiger partial charge in [-0.15, -0.1) is 0 Å². The van der Waals surface area contributed by atoms with E-state index in [1.165, 1.54) is 0 Å². The standard InChI is InChI=1S/C19H21N3O3S2/c1-2-25-16-9-6-10-17-18(16)20-19(26-17)21-11-13-22(14-12-21)27(23,24)15-7-4-3-5-8-15/h3-10H,2,11-14H2,1H3. The number of piperazine rings is 1. The van der Waals surface area contributed by atoms with Crippen molar-refractivity contribution in [3.05, 3.63) is 48.5 Å². The lowest BCUT2D eigenvalue weighted by Crippen LogP contribution is -2.48. The van der Waals surface area contributed by atoms with Crippen LogP contribution in [0.4, 0.5) is 5.13 Å². The number of sulfonamides is 1. The van der Waals surface area contributed by atoms with Gasteiger partial charge in [0.25, 0.3) is 0 Å². The molecule has 0 bridgehead atoms. The molecule has 1 aromatic heterocycles. The first-order valence-corrected chi connectivity index (χ1v) is 11.2. The summed E-state index contributed by atoms with van der Waals surface area (Å²) in [6.45, 7) is 4.70. The van der Waals surface area contributed by atoms with Crippen molar-refractivity contribution in [2.45, 2.75) is 11.8 Å². The van der Waals surface area contributed by atoms with Crippen LogP contribution in [-0.2, 0) is 10.0 Å². The molecule has 1 fully saturated rings. The summed E-state index contributed by atoms with van der Waals surface area (Å²) < 4.78 is 33.8. The van der Waals surface area contributed by atoms with Gasteiger partial charge in [0.1, 0.15) is 11.3 Å². The lowest BCUT2D eigenvalue weighted by molar-refractivity contribution is 0.343. The van der Waals surface area contributed by atoms with Crippen LogP contribution in [0.15, 0.2) is 53.4 Å². The highest BCUT2D eigenvalue weighted by Crippen LogP contribution is 2.34. The van der Waals surface area contributed by atoms with Crippen LogP contribution < -0.4 is 9.64 Å². The Morgan fingerprint density at radius 1 is 1.04 bits per heavy atom. The summed E-state index contributed by atoms with van der Waals surface area (Å²) in [5, 5.41) is 0.911. The van der Waals surface area contributed by atoms with Crippen molar-refractivity contribution < 1.29 is 13.2 Å². The molecular formula is C19H21N3O3S2. The summed E-state index contributed by atoms with van der Waals surface area (Å²) in [5.74, 6) is 0.794. The van der Waals surface area contributed by atoms with Crippen LogP contribution in [0, 0.1) is 0 Å². The summed E-state index contributed by atoms with van der Waals surface area (Å²) in [7, 11) is -3.44. The lowest BCUT2D eigenvalue weighted by atomic mass is 10.3. The van der Waals surface area contributed by atoms with Gasteiger partial charge < -0.3 is 9.64 Å². The van der Waals surface area contributed by atoms with Crippen molar-refractivity contribution in [3.63, 3.8) is 0 Å². The molecule has 0 spiro atoms. The van der Waals surface area contributed by atoms with Crippen molar-refractivity contribution in [1.29, 1.82) is 0 Å². The minimum Gasteiger partial charge on any atom is -0.492 e.